The first-order valence-electron chi connectivity index (χ1n) is 5.56. The zero-order valence-corrected chi connectivity index (χ0v) is 11.2. The molecule has 0 heterocycles. The molecule has 0 spiro atoms. The fourth-order valence-corrected chi connectivity index (χ4v) is 0.948. The summed E-state index contributed by atoms with van der Waals surface area (Å²) in [6, 6.07) is 0. The van der Waals surface area contributed by atoms with Crippen LogP contribution in [-0.4, -0.2) is 24.4 Å². The monoisotopic (exact) mass is 218 g/mol. The summed E-state index contributed by atoms with van der Waals surface area (Å²) >= 11 is 0. The molecule has 0 aliphatic rings. The number of hydrogen-bond donors (Lipinski definition) is 0. The van der Waals surface area contributed by atoms with E-state index in [1.54, 1.807) is 7.11 Å². The molecule has 0 aliphatic carbocycles. The number of hydrogen-bond acceptors (Lipinski definition) is 3. The van der Waals surface area contributed by atoms with Crippen LogP contribution in [0.15, 0.2) is 0 Å². The van der Waals surface area contributed by atoms with Crippen molar-refractivity contribution in [1.82, 2.24) is 0 Å². The van der Waals surface area contributed by atoms with Gasteiger partial charge in [0.15, 0.2) is 0 Å². The van der Waals surface area contributed by atoms with Gasteiger partial charge in [-0.2, -0.15) is 0 Å². The Morgan fingerprint density at radius 1 is 1.00 bits per heavy atom. The quantitative estimate of drug-likeness (QED) is 0.505. The first-order chi connectivity index (χ1) is 6.66. The molecule has 0 saturated carbocycles. The average Bonchev–Trinajstić information content (AvgIpc) is 2.10. The molecule has 0 bridgehead atoms. The Kier molecular flexibility index (Phi) is 5.78. The van der Waals surface area contributed by atoms with Gasteiger partial charge in [0.25, 0.3) is 0 Å². The van der Waals surface area contributed by atoms with Crippen LogP contribution in [0.2, 0.25) is 0 Å². The highest BCUT2D eigenvalue weighted by Gasteiger charge is 2.24. The summed E-state index contributed by atoms with van der Waals surface area (Å²) in [5.74, 6) is 0. The van der Waals surface area contributed by atoms with Gasteiger partial charge in [-0.1, -0.05) is 0 Å². The van der Waals surface area contributed by atoms with Gasteiger partial charge in [0.1, 0.15) is 0 Å². The van der Waals surface area contributed by atoms with Crippen LogP contribution in [-0.2, 0) is 14.5 Å². The predicted octanol–water partition coefficient (Wildman–Crippen LogP) is 3.33. The number of ether oxygens (including phenoxy) is 1. The van der Waals surface area contributed by atoms with Gasteiger partial charge in [-0.3, -0.25) is 0 Å². The standard InChI is InChI=1S/C12H26O3/c1-10(13-7)8-9-12(5,6)15-14-11(2,3)4/h10H,8-9H2,1-7H3. The molecule has 0 aromatic heterocycles. The predicted molar refractivity (Wildman–Crippen MR) is 61.7 cm³/mol. The molecule has 0 N–H and O–H groups in total. The summed E-state index contributed by atoms with van der Waals surface area (Å²) < 4.78 is 5.19. The van der Waals surface area contributed by atoms with E-state index >= 15 is 0 Å². The SMILES string of the molecule is COC(C)CCC(C)(C)OOC(C)(C)C. The van der Waals surface area contributed by atoms with Crippen LogP contribution in [0.1, 0.15) is 54.4 Å². The maximum atomic E-state index is 5.43. The lowest BCUT2D eigenvalue weighted by atomic mass is 10.0. The molecular formula is C12H26O3. The minimum Gasteiger partial charge on any atom is -0.382 e. The third kappa shape index (κ3) is 8.85. The van der Waals surface area contributed by atoms with Crippen LogP contribution in [0.3, 0.4) is 0 Å². The third-order valence-electron chi connectivity index (χ3n) is 2.07. The molecule has 0 aliphatic heterocycles. The molecule has 15 heavy (non-hydrogen) atoms. The van der Waals surface area contributed by atoms with Crippen LogP contribution < -0.4 is 0 Å². The molecule has 92 valence electrons. The van der Waals surface area contributed by atoms with Gasteiger partial charge in [-0.15, -0.1) is 0 Å². The van der Waals surface area contributed by atoms with E-state index in [1.807, 2.05) is 34.6 Å². The Hall–Kier alpha value is -0.120. The first-order valence-corrected chi connectivity index (χ1v) is 5.56. The molecule has 0 saturated heterocycles. The van der Waals surface area contributed by atoms with Gasteiger partial charge < -0.3 is 4.74 Å². The molecule has 0 radical (unpaired) electrons. The minimum atomic E-state index is -0.264. The second-order valence-corrected chi connectivity index (χ2v) is 5.62. The topological polar surface area (TPSA) is 27.7 Å². The van der Waals surface area contributed by atoms with Gasteiger partial charge in [0.2, 0.25) is 0 Å². The molecule has 3 nitrogen and oxygen atoms in total. The van der Waals surface area contributed by atoms with Crippen LogP contribution in [0, 0.1) is 0 Å². The Balaban J connectivity index is 3.86. The second-order valence-electron chi connectivity index (χ2n) is 5.62. The Morgan fingerprint density at radius 2 is 1.53 bits per heavy atom. The van der Waals surface area contributed by atoms with Crippen molar-refractivity contribution in [3.63, 3.8) is 0 Å². The summed E-state index contributed by atoms with van der Waals surface area (Å²) in [5.41, 5.74) is -0.524. The zero-order valence-electron chi connectivity index (χ0n) is 11.2. The summed E-state index contributed by atoms with van der Waals surface area (Å²) in [7, 11) is 1.73. The zero-order chi connectivity index (χ0) is 12.1. The van der Waals surface area contributed by atoms with E-state index in [9.17, 15) is 0 Å². The van der Waals surface area contributed by atoms with E-state index < -0.39 is 0 Å². The van der Waals surface area contributed by atoms with Gasteiger partial charge in [-0.25, -0.2) is 9.78 Å². The summed E-state index contributed by atoms with van der Waals surface area (Å²) in [6.07, 6.45) is 2.15. The first kappa shape index (κ1) is 14.9. The molecule has 0 aromatic carbocycles. The molecule has 0 aromatic rings. The van der Waals surface area contributed by atoms with E-state index in [1.165, 1.54) is 0 Å². The fourth-order valence-electron chi connectivity index (χ4n) is 0.948. The average molecular weight is 218 g/mol. The molecule has 1 unspecified atom stereocenters. The normalized spacial score (nSPS) is 15.4. The molecule has 0 rings (SSSR count). The van der Waals surface area contributed by atoms with E-state index in [0.29, 0.717) is 0 Å². The smallest absolute Gasteiger partial charge is 0.0981 e. The number of methoxy groups -OCH3 is 1. The van der Waals surface area contributed by atoms with Crippen LogP contribution in [0.5, 0.6) is 0 Å². The fraction of sp³-hybridized carbons (Fsp3) is 1.00. The largest absolute Gasteiger partial charge is 0.382 e. The highest BCUT2D eigenvalue weighted by molar-refractivity contribution is 4.69. The third-order valence-corrected chi connectivity index (χ3v) is 2.07. The van der Waals surface area contributed by atoms with E-state index in [-0.39, 0.29) is 17.3 Å². The molecule has 3 heteroatoms. The molecular weight excluding hydrogens is 192 g/mol. The van der Waals surface area contributed by atoms with Crippen molar-refractivity contribution in [2.24, 2.45) is 0 Å². The summed E-state index contributed by atoms with van der Waals surface area (Å²) in [4.78, 5) is 10.8. The van der Waals surface area contributed by atoms with Crippen molar-refractivity contribution in [2.75, 3.05) is 7.11 Å². The van der Waals surface area contributed by atoms with Crippen LogP contribution in [0.4, 0.5) is 0 Å². The molecule has 0 fully saturated rings. The van der Waals surface area contributed by atoms with Gasteiger partial charge in [-0.05, 0) is 54.4 Å². The number of rotatable bonds is 6. The van der Waals surface area contributed by atoms with E-state index in [0.717, 1.165) is 12.8 Å². The second kappa shape index (κ2) is 5.83. The maximum absolute atomic E-state index is 5.43. The van der Waals surface area contributed by atoms with Gasteiger partial charge in [0.05, 0.1) is 17.3 Å². The van der Waals surface area contributed by atoms with E-state index in [2.05, 4.69) is 6.92 Å². The van der Waals surface area contributed by atoms with Crippen molar-refractivity contribution in [2.45, 2.75) is 71.7 Å². The van der Waals surface area contributed by atoms with Crippen molar-refractivity contribution in [3.8, 4) is 0 Å². The van der Waals surface area contributed by atoms with Crippen LogP contribution in [0.25, 0.3) is 0 Å². The van der Waals surface area contributed by atoms with Crippen molar-refractivity contribution in [1.29, 1.82) is 0 Å². The highest BCUT2D eigenvalue weighted by Crippen LogP contribution is 2.22. The van der Waals surface area contributed by atoms with Gasteiger partial charge in [0, 0.05) is 7.11 Å². The van der Waals surface area contributed by atoms with Crippen LogP contribution >= 0.6 is 0 Å². The summed E-state index contributed by atoms with van der Waals surface area (Å²) in [6.45, 7) is 12.0. The van der Waals surface area contributed by atoms with E-state index in [4.69, 9.17) is 14.5 Å². The lowest BCUT2D eigenvalue weighted by molar-refractivity contribution is -0.398. The molecule has 1 atom stereocenters. The Bertz CT molecular complexity index is 170. The molecule has 0 amide bonds. The lowest BCUT2D eigenvalue weighted by Gasteiger charge is -2.29. The Morgan fingerprint density at radius 3 is 1.93 bits per heavy atom. The van der Waals surface area contributed by atoms with Crippen molar-refractivity contribution in [3.05, 3.63) is 0 Å². The Labute approximate surface area is 94.0 Å². The maximum Gasteiger partial charge on any atom is 0.0981 e. The minimum absolute atomic E-state index is 0.260. The van der Waals surface area contributed by atoms with Crippen molar-refractivity contribution >= 4 is 0 Å². The van der Waals surface area contributed by atoms with Crippen molar-refractivity contribution < 1.29 is 14.5 Å². The summed E-state index contributed by atoms with van der Waals surface area (Å²) in [5, 5.41) is 0. The lowest BCUT2D eigenvalue weighted by Crippen LogP contribution is -2.31. The van der Waals surface area contributed by atoms with Gasteiger partial charge >= 0.3 is 0 Å². The highest BCUT2D eigenvalue weighted by atomic mass is 17.2.